The average Bonchev–Trinajstić information content (AvgIpc) is 2.77. The zero-order valence-electron chi connectivity index (χ0n) is 16.4. The maximum Gasteiger partial charge on any atom is 0.227 e. The first-order valence-corrected chi connectivity index (χ1v) is 10.5. The average molecular weight is 405 g/mol. The van der Waals surface area contributed by atoms with Gasteiger partial charge in [-0.2, -0.15) is 0 Å². The molecule has 1 aliphatic heterocycles. The molecule has 0 radical (unpaired) electrons. The lowest BCUT2D eigenvalue weighted by molar-refractivity contribution is -0.132. The van der Waals surface area contributed by atoms with Gasteiger partial charge in [0.15, 0.2) is 0 Å². The molecule has 3 nitrogen and oxygen atoms in total. The zero-order valence-corrected chi connectivity index (χ0v) is 17.1. The maximum absolute atomic E-state index is 12.8. The van der Waals surface area contributed by atoms with Crippen LogP contribution in [-0.4, -0.2) is 41.9 Å². The van der Waals surface area contributed by atoms with E-state index in [1.807, 2.05) is 29.2 Å². The molecular formula is C25H25ClN2O. The minimum Gasteiger partial charge on any atom is -0.340 e. The van der Waals surface area contributed by atoms with Crippen LogP contribution in [0.2, 0.25) is 5.02 Å². The SMILES string of the molecule is O=C(Cc1ccccc1Cl)N1CCN(C(c2ccccc2)c2ccccc2)CC1. The Balaban J connectivity index is 1.46. The summed E-state index contributed by atoms with van der Waals surface area (Å²) < 4.78 is 0. The van der Waals surface area contributed by atoms with Crippen LogP contribution in [0.5, 0.6) is 0 Å². The Hall–Kier alpha value is -2.62. The lowest BCUT2D eigenvalue weighted by Crippen LogP contribution is -2.50. The van der Waals surface area contributed by atoms with Gasteiger partial charge in [-0.15, -0.1) is 0 Å². The molecular weight excluding hydrogens is 380 g/mol. The number of rotatable bonds is 5. The summed E-state index contributed by atoms with van der Waals surface area (Å²) in [5.74, 6) is 0.147. The Morgan fingerprint density at radius 2 is 1.28 bits per heavy atom. The van der Waals surface area contributed by atoms with Crippen molar-refractivity contribution in [2.45, 2.75) is 12.5 Å². The van der Waals surface area contributed by atoms with E-state index in [0.29, 0.717) is 11.4 Å². The fourth-order valence-corrected chi connectivity index (χ4v) is 4.23. The van der Waals surface area contributed by atoms with Gasteiger partial charge in [-0.25, -0.2) is 0 Å². The van der Waals surface area contributed by atoms with Crippen molar-refractivity contribution in [3.05, 3.63) is 107 Å². The Morgan fingerprint density at radius 1 is 0.759 bits per heavy atom. The first-order chi connectivity index (χ1) is 14.2. The van der Waals surface area contributed by atoms with Crippen molar-refractivity contribution < 1.29 is 4.79 Å². The van der Waals surface area contributed by atoms with Gasteiger partial charge < -0.3 is 4.90 Å². The van der Waals surface area contributed by atoms with Gasteiger partial charge >= 0.3 is 0 Å². The van der Waals surface area contributed by atoms with Gasteiger partial charge in [0.1, 0.15) is 0 Å². The Kier molecular flexibility index (Phi) is 6.28. The van der Waals surface area contributed by atoms with Gasteiger partial charge in [0.25, 0.3) is 0 Å². The minimum absolute atomic E-state index is 0.147. The Morgan fingerprint density at radius 3 is 1.83 bits per heavy atom. The number of carbonyl (C=O) groups is 1. The first-order valence-electron chi connectivity index (χ1n) is 10.1. The monoisotopic (exact) mass is 404 g/mol. The number of carbonyl (C=O) groups excluding carboxylic acids is 1. The highest BCUT2D eigenvalue weighted by atomic mass is 35.5. The molecule has 148 valence electrons. The van der Waals surface area contributed by atoms with Crippen LogP contribution in [0.25, 0.3) is 0 Å². The highest BCUT2D eigenvalue weighted by Gasteiger charge is 2.28. The normalized spacial score (nSPS) is 14.9. The summed E-state index contributed by atoms with van der Waals surface area (Å²) in [6, 6.07) is 29.0. The third kappa shape index (κ3) is 4.69. The van der Waals surface area contributed by atoms with Gasteiger partial charge in [-0.3, -0.25) is 9.69 Å². The highest BCUT2D eigenvalue weighted by molar-refractivity contribution is 6.31. The molecule has 0 atom stereocenters. The second-order valence-corrected chi connectivity index (χ2v) is 7.82. The molecule has 3 aromatic rings. The van der Waals surface area contributed by atoms with Crippen molar-refractivity contribution in [1.29, 1.82) is 0 Å². The van der Waals surface area contributed by atoms with E-state index in [0.717, 1.165) is 31.7 Å². The molecule has 1 saturated heterocycles. The van der Waals surface area contributed by atoms with E-state index >= 15 is 0 Å². The maximum atomic E-state index is 12.8. The van der Waals surface area contributed by atoms with Gasteiger partial charge in [-0.05, 0) is 22.8 Å². The summed E-state index contributed by atoms with van der Waals surface area (Å²) in [6.45, 7) is 3.17. The fraction of sp³-hybridized carbons (Fsp3) is 0.240. The largest absolute Gasteiger partial charge is 0.340 e. The topological polar surface area (TPSA) is 23.6 Å². The van der Waals surface area contributed by atoms with Gasteiger partial charge in [0.2, 0.25) is 5.91 Å². The predicted molar refractivity (Wildman–Crippen MR) is 118 cm³/mol. The lowest BCUT2D eigenvalue weighted by Gasteiger charge is -2.40. The van der Waals surface area contributed by atoms with Crippen molar-refractivity contribution in [3.8, 4) is 0 Å². The third-order valence-corrected chi connectivity index (χ3v) is 5.93. The molecule has 1 fully saturated rings. The molecule has 4 rings (SSSR count). The summed E-state index contributed by atoms with van der Waals surface area (Å²) in [5.41, 5.74) is 3.47. The van der Waals surface area contributed by atoms with Crippen LogP contribution < -0.4 is 0 Å². The summed E-state index contributed by atoms with van der Waals surface area (Å²) in [5, 5.41) is 0.660. The van der Waals surface area contributed by atoms with Crippen LogP contribution in [-0.2, 0) is 11.2 Å². The van der Waals surface area contributed by atoms with Crippen LogP contribution in [0.3, 0.4) is 0 Å². The van der Waals surface area contributed by atoms with Crippen molar-refractivity contribution in [3.63, 3.8) is 0 Å². The molecule has 0 saturated carbocycles. The summed E-state index contributed by atoms with van der Waals surface area (Å²) in [7, 11) is 0. The second-order valence-electron chi connectivity index (χ2n) is 7.41. The standard InChI is InChI=1S/C25H25ClN2O/c26-23-14-8-7-13-22(23)19-24(29)27-15-17-28(18-16-27)25(20-9-3-1-4-10-20)21-11-5-2-6-12-21/h1-14,25H,15-19H2. The number of benzene rings is 3. The van der Waals surface area contributed by atoms with Crippen LogP contribution in [0.15, 0.2) is 84.9 Å². The zero-order chi connectivity index (χ0) is 20.1. The molecule has 1 amide bonds. The van der Waals surface area contributed by atoms with Crippen LogP contribution in [0.1, 0.15) is 22.7 Å². The molecule has 0 unspecified atom stereocenters. The van der Waals surface area contributed by atoms with Crippen molar-refractivity contribution in [1.82, 2.24) is 9.80 Å². The molecule has 1 heterocycles. The van der Waals surface area contributed by atoms with E-state index in [9.17, 15) is 4.79 Å². The van der Waals surface area contributed by atoms with E-state index in [2.05, 4.69) is 65.6 Å². The van der Waals surface area contributed by atoms with Crippen molar-refractivity contribution in [2.75, 3.05) is 26.2 Å². The smallest absolute Gasteiger partial charge is 0.227 e. The minimum atomic E-state index is 0.147. The molecule has 3 aromatic carbocycles. The quantitative estimate of drug-likeness (QED) is 0.608. The highest BCUT2D eigenvalue weighted by Crippen LogP contribution is 2.29. The number of piperazine rings is 1. The van der Waals surface area contributed by atoms with Crippen LogP contribution >= 0.6 is 11.6 Å². The summed E-state index contributed by atoms with van der Waals surface area (Å²) in [6.07, 6.45) is 0.362. The first kappa shape index (κ1) is 19.7. The summed E-state index contributed by atoms with van der Waals surface area (Å²) >= 11 is 6.23. The van der Waals surface area contributed by atoms with E-state index in [-0.39, 0.29) is 11.9 Å². The number of halogens is 1. The van der Waals surface area contributed by atoms with E-state index < -0.39 is 0 Å². The van der Waals surface area contributed by atoms with Crippen LogP contribution in [0, 0.1) is 0 Å². The molecule has 0 spiro atoms. The molecule has 4 heteroatoms. The number of nitrogens with zero attached hydrogens (tertiary/aromatic N) is 2. The molecule has 1 aliphatic rings. The number of hydrogen-bond acceptors (Lipinski definition) is 2. The fourth-order valence-electron chi connectivity index (χ4n) is 4.03. The van der Waals surface area contributed by atoms with Gasteiger partial charge in [0, 0.05) is 31.2 Å². The molecule has 0 aromatic heterocycles. The Labute approximate surface area is 177 Å². The lowest BCUT2D eigenvalue weighted by atomic mass is 9.96. The second kappa shape index (κ2) is 9.25. The molecule has 0 bridgehead atoms. The number of amides is 1. The molecule has 0 aliphatic carbocycles. The van der Waals surface area contributed by atoms with Gasteiger partial charge in [0.05, 0.1) is 12.5 Å². The molecule has 29 heavy (non-hydrogen) atoms. The third-order valence-electron chi connectivity index (χ3n) is 5.56. The van der Waals surface area contributed by atoms with Crippen molar-refractivity contribution in [2.24, 2.45) is 0 Å². The van der Waals surface area contributed by atoms with Gasteiger partial charge in [-0.1, -0.05) is 90.5 Å². The predicted octanol–water partition coefficient (Wildman–Crippen LogP) is 4.82. The van der Waals surface area contributed by atoms with E-state index in [1.165, 1.54) is 11.1 Å². The molecule has 0 N–H and O–H groups in total. The Bertz CT molecular complexity index is 898. The van der Waals surface area contributed by atoms with E-state index in [4.69, 9.17) is 11.6 Å². The summed E-state index contributed by atoms with van der Waals surface area (Å²) in [4.78, 5) is 17.2. The van der Waals surface area contributed by atoms with E-state index in [1.54, 1.807) is 0 Å². The number of hydrogen-bond donors (Lipinski definition) is 0. The van der Waals surface area contributed by atoms with Crippen molar-refractivity contribution >= 4 is 17.5 Å². The van der Waals surface area contributed by atoms with Crippen LogP contribution in [0.4, 0.5) is 0 Å².